The van der Waals surface area contributed by atoms with Crippen molar-refractivity contribution in [3.05, 3.63) is 275 Å². The molecule has 13 rings (SSSR count). The minimum Gasteiger partial charge on any atom is -0.310 e. The van der Waals surface area contributed by atoms with Gasteiger partial charge in [-0.05, 0) is 173 Å². The molecule has 4 heteroatoms. The summed E-state index contributed by atoms with van der Waals surface area (Å²) in [5.41, 5.74) is 26.2. The number of aromatic nitrogens is 2. The Bertz CT molecular complexity index is 4450. The molecule has 0 N–H and O–H groups in total. The van der Waals surface area contributed by atoms with Crippen LogP contribution < -0.4 is 0 Å². The molecule has 0 atom stereocenters. The predicted molar refractivity (Wildman–Crippen MR) is 324 cm³/mol. The average molecular weight is 985 g/mol. The van der Waals surface area contributed by atoms with Crippen molar-refractivity contribution in [3.8, 4) is 78.1 Å². The van der Waals surface area contributed by atoms with Gasteiger partial charge in [-0.3, -0.25) is 0 Å². The summed E-state index contributed by atoms with van der Waals surface area (Å²) in [6.07, 6.45) is 0. The molecule has 2 heterocycles. The first kappa shape index (κ1) is 46.8. The fourth-order valence-corrected chi connectivity index (χ4v) is 12.1. The third-order valence-electron chi connectivity index (χ3n) is 15.9. The second kappa shape index (κ2) is 18.7. The molecule has 0 fully saturated rings. The Morgan fingerprint density at radius 1 is 0.286 bits per heavy atom. The summed E-state index contributed by atoms with van der Waals surface area (Å²) in [6, 6.07) is 80.7. The van der Waals surface area contributed by atoms with E-state index in [1.54, 1.807) is 0 Å². The summed E-state index contributed by atoms with van der Waals surface area (Å²) < 4.78 is 4.82. The van der Waals surface area contributed by atoms with Crippen LogP contribution in [-0.4, -0.2) is 9.13 Å². The molecule has 364 valence electrons. The molecule has 77 heavy (non-hydrogen) atoms. The van der Waals surface area contributed by atoms with Crippen LogP contribution >= 0.6 is 0 Å². The van der Waals surface area contributed by atoms with Crippen molar-refractivity contribution in [3.63, 3.8) is 0 Å². The Morgan fingerprint density at radius 2 is 0.649 bits per heavy atom. The lowest BCUT2D eigenvalue weighted by Gasteiger charge is -2.23. The van der Waals surface area contributed by atoms with Gasteiger partial charge in [0.1, 0.15) is 0 Å². The summed E-state index contributed by atoms with van der Waals surface area (Å²) in [7, 11) is 0. The molecule has 0 spiro atoms. The van der Waals surface area contributed by atoms with Crippen molar-refractivity contribution in [1.82, 2.24) is 9.13 Å². The zero-order chi connectivity index (χ0) is 52.5. The van der Waals surface area contributed by atoms with Crippen LogP contribution in [0.1, 0.15) is 27.8 Å². The fourth-order valence-electron chi connectivity index (χ4n) is 12.1. The molecule has 13 aromatic rings. The molecule has 11 aromatic carbocycles. The van der Waals surface area contributed by atoms with Gasteiger partial charge in [0.05, 0.1) is 40.9 Å². The highest BCUT2D eigenvalue weighted by molar-refractivity contribution is 6.15. The van der Waals surface area contributed by atoms with Crippen molar-refractivity contribution in [1.29, 1.82) is 0 Å². The van der Waals surface area contributed by atoms with Crippen LogP contribution in [0.25, 0.3) is 131 Å². The SMILES string of the molecule is [C-]#[N+]c1ccc(-c2cccc(-n3c4ccc(-c5ccccc5C)cc4c4cc(-c5ccccc5C)ccc43)c2-c2c([N+]#[C-])cccc2-n2c3ccc(-c4ccccc4C)cc3c3cc(-c4ccccc4C)ccc32)c(C)c1. The van der Waals surface area contributed by atoms with Crippen LogP contribution in [0, 0.1) is 47.8 Å². The van der Waals surface area contributed by atoms with Gasteiger partial charge in [-0.1, -0.05) is 169 Å². The van der Waals surface area contributed by atoms with Crippen molar-refractivity contribution in [2.45, 2.75) is 34.6 Å². The Hall–Kier alpha value is -10.0. The maximum Gasteiger partial charge on any atom is 0.197 e. The summed E-state index contributed by atoms with van der Waals surface area (Å²) >= 11 is 0. The van der Waals surface area contributed by atoms with E-state index in [2.05, 4.69) is 254 Å². The smallest absolute Gasteiger partial charge is 0.197 e. The lowest BCUT2D eigenvalue weighted by atomic mass is 9.88. The summed E-state index contributed by atoms with van der Waals surface area (Å²) in [6.45, 7) is 27.8. The number of nitrogens with zero attached hydrogens (tertiary/aromatic N) is 4. The highest BCUT2D eigenvalue weighted by atomic mass is 15.0. The van der Waals surface area contributed by atoms with Crippen LogP contribution in [0.4, 0.5) is 11.4 Å². The van der Waals surface area contributed by atoms with Crippen molar-refractivity contribution in [2.75, 3.05) is 0 Å². The van der Waals surface area contributed by atoms with E-state index in [0.29, 0.717) is 11.4 Å². The van der Waals surface area contributed by atoms with Gasteiger partial charge < -0.3 is 9.13 Å². The van der Waals surface area contributed by atoms with Crippen LogP contribution in [0.3, 0.4) is 0 Å². The van der Waals surface area contributed by atoms with Gasteiger partial charge >= 0.3 is 0 Å². The fraction of sp³-hybridized carbons (Fsp3) is 0.0685. The minimum atomic E-state index is 0.541. The third-order valence-corrected chi connectivity index (χ3v) is 15.9. The molecule has 0 saturated heterocycles. The number of hydrogen-bond donors (Lipinski definition) is 0. The topological polar surface area (TPSA) is 18.6 Å². The highest BCUT2D eigenvalue weighted by Crippen LogP contribution is 2.50. The largest absolute Gasteiger partial charge is 0.310 e. The maximum atomic E-state index is 9.07. The van der Waals surface area contributed by atoms with Crippen molar-refractivity contribution in [2.24, 2.45) is 0 Å². The molecule has 0 amide bonds. The first-order valence-corrected chi connectivity index (χ1v) is 26.2. The number of benzene rings is 11. The quantitative estimate of drug-likeness (QED) is 0.135. The van der Waals surface area contributed by atoms with Gasteiger partial charge in [-0.15, -0.1) is 0 Å². The van der Waals surface area contributed by atoms with E-state index in [4.69, 9.17) is 13.1 Å². The Kier molecular flexibility index (Phi) is 11.4. The summed E-state index contributed by atoms with van der Waals surface area (Å²) in [5.74, 6) is 0. The van der Waals surface area contributed by atoms with Gasteiger partial charge in [0.15, 0.2) is 11.4 Å². The highest BCUT2D eigenvalue weighted by Gasteiger charge is 2.27. The maximum absolute atomic E-state index is 9.07. The third kappa shape index (κ3) is 7.73. The monoisotopic (exact) mass is 984 g/mol. The molecular formula is C73H52N4. The van der Waals surface area contributed by atoms with E-state index in [-0.39, 0.29) is 0 Å². The molecule has 0 unspecified atom stereocenters. The normalized spacial score (nSPS) is 11.4. The van der Waals surface area contributed by atoms with E-state index in [1.165, 1.54) is 44.5 Å². The second-order valence-corrected chi connectivity index (χ2v) is 20.5. The Labute approximate surface area is 449 Å². The van der Waals surface area contributed by atoms with E-state index >= 15 is 0 Å². The first-order valence-electron chi connectivity index (χ1n) is 26.2. The van der Waals surface area contributed by atoms with E-state index < -0.39 is 0 Å². The number of hydrogen-bond acceptors (Lipinski definition) is 0. The van der Waals surface area contributed by atoms with Gasteiger partial charge in [0.25, 0.3) is 0 Å². The molecule has 0 aliphatic heterocycles. The molecule has 0 aliphatic carbocycles. The van der Waals surface area contributed by atoms with E-state index in [0.717, 1.165) is 105 Å². The first-order chi connectivity index (χ1) is 37.7. The molecule has 2 aromatic heterocycles. The zero-order valence-corrected chi connectivity index (χ0v) is 43.7. The van der Waals surface area contributed by atoms with Gasteiger partial charge in [0, 0.05) is 38.4 Å². The Balaban J connectivity index is 1.15. The number of aryl methyl sites for hydroxylation is 5. The summed E-state index contributed by atoms with van der Waals surface area (Å²) in [5, 5.41) is 4.54. The number of rotatable bonds is 8. The molecule has 0 radical (unpaired) electrons. The van der Waals surface area contributed by atoms with Gasteiger partial charge in [-0.25, -0.2) is 9.69 Å². The standard InChI is InChI=1S/C73H52N4/c1-45-18-8-12-22-55(45)50-30-36-66-61(41-50)62-42-51(56-23-13-9-19-46(56)2)31-37-67(62)76(66)70-28-16-26-60(59-35-34-54(74-6)40-49(59)5)72(70)73-65(75-7)27-17-29-71(73)77-68-38-32-52(57-24-14-10-20-47(57)3)43-63(68)64-44-53(33-39-69(64)77)58-25-15-11-21-48(58)4/h8-44H,1-5H3. The summed E-state index contributed by atoms with van der Waals surface area (Å²) in [4.78, 5) is 8.27. The lowest BCUT2D eigenvalue weighted by Crippen LogP contribution is -2.04. The van der Waals surface area contributed by atoms with Gasteiger partial charge in [-0.2, -0.15) is 0 Å². The molecule has 0 saturated carbocycles. The molecule has 0 aliphatic rings. The van der Waals surface area contributed by atoms with Crippen LogP contribution in [-0.2, 0) is 0 Å². The van der Waals surface area contributed by atoms with Crippen molar-refractivity contribution < 1.29 is 0 Å². The molecule has 4 nitrogen and oxygen atoms in total. The van der Waals surface area contributed by atoms with Crippen LogP contribution in [0.2, 0.25) is 0 Å². The van der Waals surface area contributed by atoms with Crippen LogP contribution in [0.15, 0.2) is 224 Å². The number of fused-ring (bicyclic) bond motifs is 6. The molecule has 0 bridgehead atoms. The van der Waals surface area contributed by atoms with Crippen LogP contribution in [0.5, 0.6) is 0 Å². The predicted octanol–water partition coefficient (Wildman–Crippen LogP) is 20.5. The van der Waals surface area contributed by atoms with Gasteiger partial charge in [0.2, 0.25) is 0 Å². The second-order valence-electron chi connectivity index (χ2n) is 20.5. The average Bonchev–Trinajstić information content (AvgIpc) is 4.05. The Morgan fingerprint density at radius 3 is 1.01 bits per heavy atom. The molecular weight excluding hydrogens is 933 g/mol. The lowest BCUT2D eigenvalue weighted by molar-refractivity contribution is 1.16. The minimum absolute atomic E-state index is 0.541. The van der Waals surface area contributed by atoms with Crippen molar-refractivity contribution >= 4 is 55.0 Å². The zero-order valence-electron chi connectivity index (χ0n) is 43.7. The van der Waals surface area contributed by atoms with E-state index in [1.807, 2.05) is 24.3 Å². The van der Waals surface area contributed by atoms with E-state index in [9.17, 15) is 0 Å².